The van der Waals surface area contributed by atoms with Gasteiger partial charge in [0.1, 0.15) is 18.1 Å². The van der Waals surface area contributed by atoms with Gasteiger partial charge in [-0.25, -0.2) is 4.57 Å². The molecular weight excluding hydrogens is 383 g/mol. The highest BCUT2D eigenvalue weighted by Crippen LogP contribution is 2.39. The number of ether oxygens (including phenoxy) is 1. The van der Waals surface area contributed by atoms with Crippen LogP contribution in [0.2, 0.25) is 0 Å². The van der Waals surface area contributed by atoms with E-state index in [4.69, 9.17) is 9.26 Å². The van der Waals surface area contributed by atoms with Gasteiger partial charge in [0.15, 0.2) is 0 Å². The quantitative estimate of drug-likeness (QED) is 0.275. The third kappa shape index (κ3) is 3.42. The minimum absolute atomic E-state index is 0.341. The van der Waals surface area contributed by atoms with E-state index >= 15 is 0 Å². The Balaban J connectivity index is 1.47. The summed E-state index contributed by atoms with van der Waals surface area (Å²) < 4.78 is 22.3. The summed E-state index contributed by atoms with van der Waals surface area (Å²) in [6.07, 6.45) is 0. The van der Waals surface area contributed by atoms with Crippen LogP contribution in [0.3, 0.4) is 0 Å². The molecule has 0 bridgehead atoms. The lowest BCUT2D eigenvalue weighted by atomic mass is 9.92. The maximum atomic E-state index is 11.4. The van der Waals surface area contributed by atoms with Crippen LogP contribution in [-0.4, -0.2) is 11.6 Å². The number of rotatable bonds is 5. The van der Waals surface area contributed by atoms with Crippen LogP contribution in [0.5, 0.6) is 11.5 Å². The Labute approximate surface area is 168 Å². The molecule has 1 N–H and O–H groups in total. The Morgan fingerprint density at radius 3 is 2.03 bits per heavy atom. The first-order valence-electron chi connectivity index (χ1n) is 9.36. The van der Waals surface area contributed by atoms with Crippen molar-refractivity contribution in [1.29, 1.82) is 0 Å². The van der Waals surface area contributed by atoms with Crippen LogP contribution in [0, 0.1) is 0 Å². The molecule has 29 heavy (non-hydrogen) atoms. The molecule has 0 aromatic heterocycles. The molecular formula is C24H19O4P. The molecule has 144 valence electrons. The van der Waals surface area contributed by atoms with E-state index in [1.54, 1.807) is 24.3 Å². The molecule has 0 fully saturated rings. The molecule has 4 nitrogen and oxygen atoms in total. The Bertz CT molecular complexity index is 1350. The standard InChI is InChI=1S/C24H19O4P/c1-29(25,26)28-21-12-10-20(11-13-21)27-15-19-8-7-18-6-5-16-3-2-4-17-9-14-22(19)24(18)23(16)17/h2-14H,15H2,1H3,(H,25,26). The third-order valence-electron chi connectivity index (χ3n) is 5.11. The summed E-state index contributed by atoms with van der Waals surface area (Å²) in [6, 6.07) is 26.0. The van der Waals surface area contributed by atoms with Crippen molar-refractivity contribution in [2.75, 3.05) is 6.66 Å². The zero-order valence-corrected chi connectivity index (χ0v) is 16.7. The fourth-order valence-electron chi connectivity index (χ4n) is 3.87. The zero-order valence-electron chi connectivity index (χ0n) is 15.8. The van der Waals surface area contributed by atoms with E-state index in [0.717, 1.165) is 12.2 Å². The molecule has 0 amide bonds. The van der Waals surface area contributed by atoms with E-state index in [1.165, 1.54) is 32.3 Å². The zero-order chi connectivity index (χ0) is 20.0. The van der Waals surface area contributed by atoms with Crippen LogP contribution in [0.4, 0.5) is 0 Å². The van der Waals surface area contributed by atoms with E-state index < -0.39 is 7.60 Å². The molecule has 5 aromatic carbocycles. The molecule has 5 rings (SSSR count). The normalized spacial score (nSPS) is 13.7. The molecule has 0 aliphatic rings. The summed E-state index contributed by atoms with van der Waals surface area (Å²) in [5, 5.41) is 7.46. The average molecular weight is 402 g/mol. The predicted molar refractivity (Wildman–Crippen MR) is 117 cm³/mol. The Morgan fingerprint density at radius 1 is 0.759 bits per heavy atom. The Hall–Kier alpha value is -3.07. The minimum Gasteiger partial charge on any atom is -0.489 e. The smallest absolute Gasteiger partial charge is 0.373 e. The van der Waals surface area contributed by atoms with Gasteiger partial charge >= 0.3 is 7.60 Å². The van der Waals surface area contributed by atoms with Crippen molar-refractivity contribution < 1.29 is 18.7 Å². The highest BCUT2D eigenvalue weighted by molar-refractivity contribution is 7.52. The predicted octanol–water partition coefficient (Wildman–Crippen LogP) is 6.36. The number of hydrogen-bond acceptors (Lipinski definition) is 3. The topological polar surface area (TPSA) is 55.8 Å². The van der Waals surface area contributed by atoms with Gasteiger partial charge in [0.2, 0.25) is 0 Å². The van der Waals surface area contributed by atoms with E-state index in [-0.39, 0.29) is 0 Å². The van der Waals surface area contributed by atoms with E-state index in [1.807, 2.05) is 0 Å². The van der Waals surface area contributed by atoms with Crippen LogP contribution < -0.4 is 9.26 Å². The lowest BCUT2D eigenvalue weighted by Gasteiger charge is -2.14. The molecule has 0 aliphatic carbocycles. The fourth-order valence-corrected chi connectivity index (χ4v) is 4.39. The lowest BCUT2D eigenvalue weighted by Crippen LogP contribution is -1.97. The Morgan fingerprint density at radius 2 is 1.34 bits per heavy atom. The number of benzene rings is 5. The first-order valence-corrected chi connectivity index (χ1v) is 11.4. The molecule has 0 heterocycles. The maximum absolute atomic E-state index is 11.4. The van der Waals surface area contributed by atoms with Crippen LogP contribution >= 0.6 is 7.60 Å². The second kappa shape index (κ2) is 6.77. The molecule has 5 heteroatoms. The van der Waals surface area contributed by atoms with Gasteiger partial charge in [-0.2, -0.15) is 0 Å². The first-order chi connectivity index (χ1) is 14.0. The summed E-state index contributed by atoms with van der Waals surface area (Å²) in [5.41, 5.74) is 1.12. The van der Waals surface area contributed by atoms with Crippen LogP contribution in [0.1, 0.15) is 5.56 Å². The van der Waals surface area contributed by atoms with E-state index in [9.17, 15) is 9.46 Å². The third-order valence-corrected chi connectivity index (χ3v) is 5.66. The second-order valence-electron chi connectivity index (χ2n) is 7.24. The van der Waals surface area contributed by atoms with E-state index in [0.29, 0.717) is 18.1 Å². The summed E-state index contributed by atoms with van der Waals surface area (Å²) in [5.74, 6) is 1.01. The molecule has 1 atom stereocenters. The highest BCUT2D eigenvalue weighted by atomic mass is 31.2. The number of hydrogen-bond donors (Lipinski definition) is 1. The maximum Gasteiger partial charge on any atom is 0.373 e. The monoisotopic (exact) mass is 402 g/mol. The van der Waals surface area contributed by atoms with Gasteiger partial charge in [0.25, 0.3) is 0 Å². The lowest BCUT2D eigenvalue weighted by molar-refractivity contribution is 0.307. The van der Waals surface area contributed by atoms with Crippen molar-refractivity contribution in [2.45, 2.75) is 6.61 Å². The summed E-state index contributed by atoms with van der Waals surface area (Å²) >= 11 is 0. The summed E-state index contributed by atoms with van der Waals surface area (Å²) in [6.45, 7) is 1.59. The van der Waals surface area contributed by atoms with Crippen molar-refractivity contribution in [3.8, 4) is 11.5 Å². The van der Waals surface area contributed by atoms with Crippen molar-refractivity contribution >= 4 is 39.9 Å². The largest absolute Gasteiger partial charge is 0.489 e. The van der Waals surface area contributed by atoms with Crippen molar-refractivity contribution in [2.24, 2.45) is 0 Å². The summed E-state index contributed by atoms with van der Waals surface area (Å²) in [7, 11) is -3.56. The van der Waals surface area contributed by atoms with Crippen LogP contribution in [-0.2, 0) is 11.2 Å². The van der Waals surface area contributed by atoms with Crippen LogP contribution in [0.25, 0.3) is 32.3 Å². The minimum atomic E-state index is -3.56. The molecule has 0 spiro atoms. The SMILES string of the molecule is CP(=O)(O)Oc1ccc(OCc2ccc3ccc4cccc5ccc2c3c45)cc1. The molecule has 0 aliphatic heterocycles. The molecule has 5 aromatic rings. The fraction of sp³-hybridized carbons (Fsp3) is 0.0833. The Kier molecular flexibility index (Phi) is 4.20. The molecule has 0 radical (unpaired) electrons. The summed E-state index contributed by atoms with van der Waals surface area (Å²) in [4.78, 5) is 9.31. The van der Waals surface area contributed by atoms with Gasteiger partial charge in [-0.05, 0) is 62.1 Å². The van der Waals surface area contributed by atoms with Crippen molar-refractivity contribution in [3.63, 3.8) is 0 Å². The van der Waals surface area contributed by atoms with Gasteiger partial charge in [0, 0.05) is 6.66 Å². The van der Waals surface area contributed by atoms with Crippen molar-refractivity contribution in [3.05, 3.63) is 84.4 Å². The molecule has 0 saturated carbocycles. The van der Waals surface area contributed by atoms with Gasteiger partial charge in [-0.1, -0.05) is 54.6 Å². The first kappa shape index (κ1) is 18.0. The molecule has 1 unspecified atom stereocenters. The van der Waals surface area contributed by atoms with Gasteiger partial charge < -0.3 is 14.2 Å². The van der Waals surface area contributed by atoms with Crippen LogP contribution in [0.15, 0.2) is 78.9 Å². The van der Waals surface area contributed by atoms with Gasteiger partial charge in [0.05, 0.1) is 0 Å². The van der Waals surface area contributed by atoms with Gasteiger partial charge in [-0.15, -0.1) is 0 Å². The average Bonchev–Trinajstić information content (AvgIpc) is 2.71. The molecule has 0 saturated heterocycles. The van der Waals surface area contributed by atoms with Gasteiger partial charge in [-0.3, -0.25) is 0 Å². The van der Waals surface area contributed by atoms with Crippen molar-refractivity contribution in [1.82, 2.24) is 0 Å². The van der Waals surface area contributed by atoms with E-state index in [2.05, 4.69) is 54.6 Å². The second-order valence-corrected chi connectivity index (χ2v) is 9.02. The highest BCUT2D eigenvalue weighted by Gasteiger charge is 2.13.